The van der Waals surface area contributed by atoms with Gasteiger partial charge in [-0.05, 0) is 24.8 Å². The van der Waals surface area contributed by atoms with Crippen LogP contribution in [-0.4, -0.2) is 23.7 Å². The van der Waals surface area contributed by atoms with Gasteiger partial charge in [0, 0.05) is 19.2 Å². The van der Waals surface area contributed by atoms with Crippen LogP contribution in [0.15, 0.2) is 6.07 Å². The van der Waals surface area contributed by atoms with Crippen molar-refractivity contribution in [1.82, 2.24) is 9.97 Å². The van der Waals surface area contributed by atoms with Crippen molar-refractivity contribution in [3.05, 3.63) is 22.2 Å². The Morgan fingerprint density at radius 2 is 2.43 bits per heavy atom. The average Bonchev–Trinajstić information content (AvgIpc) is 2.97. The highest BCUT2D eigenvalue weighted by molar-refractivity contribution is 7.71. The zero-order valence-corrected chi connectivity index (χ0v) is 9.06. The van der Waals surface area contributed by atoms with Crippen LogP contribution < -0.4 is 0 Å². The van der Waals surface area contributed by atoms with Crippen LogP contribution in [0.5, 0.6) is 0 Å². The third-order valence-corrected chi connectivity index (χ3v) is 2.58. The number of nitrogens with zero attached hydrogens (tertiary/aromatic N) is 1. The van der Waals surface area contributed by atoms with Crippen molar-refractivity contribution in [3.8, 4) is 0 Å². The number of hydrogen-bond acceptors (Lipinski definition) is 3. The third kappa shape index (κ3) is 2.39. The second kappa shape index (κ2) is 4.19. The Balaban J connectivity index is 2.18. The van der Waals surface area contributed by atoms with Crippen LogP contribution in [-0.2, 0) is 11.2 Å². The summed E-state index contributed by atoms with van der Waals surface area (Å²) < 4.78 is 5.70. The van der Waals surface area contributed by atoms with Gasteiger partial charge in [0.15, 0.2) is 0 Å². The Morgan fingerprint density at radius 1 is 1.64 bits per heavy atom. The maximum absolute atomic E-state index is 5.11. The van der Waals surface area contributed by atoms with Gasteiger partial charge in [-0.2, -0.15) is 0 Å². The summed E-state index contributed by atoms with van der Waals surface area (Å²) in [5.41, 5.74) is 1.25. The van der Waals surface area contributed by atoms with Crippen molar-refractivity contribution >= 4 is 12.2 Å². The molecule has 1 aromatic rings. The lowest BCUT2D eigenvalue weighted by molar-refractivity contribution is 0.200. The first kappa shape index (κ1) is 9.80. The summed E-state index contributed by atoms with van der Waals surface area (Å²) in [6.07, 6.45) is 3.36. The molecule has 0 aromatic carbocycles. The highest BCUT2D eigenvalue weighted by Crippen LogP contribution is 2.38. The topological polar surface area (TPSA) is 37.9 Å². The smallest absolute Gasteiger partial charge is 0.129 e. The Labute approximate surface area is 88.5 Å². The summed E-state index contributed by atoms with van der Waals surface area (Å²) in [4.78, 5) is 7.58. The first-order valence-electron chi connectivity index (χ1n) is 4.88. The zero-order valence-electron chi connectivity index (χ0n) is 8.25. The van der Waals surface area contributed by atoms with Crippen LogP contribution in [0.3, 0.4) is 0 Å². The van der Waals surface area contributed by atoms with Crippen molar-refractivity contribution in [1.29, 1.82) is 0 Å². The molecule has 0 bridgehead atoms. The Hall–Kier alpha value is -0.740. The molecule has 0 amide bonds. The summed E-state index contributed by atoms with van der Waals surface area (Å²) >= 11 is 5.11. The van der Waals surface area contributed by atoms with Crippen LogP contribution in [0.1, 0.15) is 30.3 Å². The number of aromatic amines is 1. The average molecular weight is 210 g/mol. The van der Waals surface area contributed by atoms with Gasteiger partial charge in [0.2, 0.25) is 0 Å². The zero-order chi connectivity index (χ0) is 9.97. The van der Waals surface area contributed by atoms with Gasteiger partial charge in [0.1, 0.15) is 10.5 Å². The van der Waals surface area contributed by atoms with E-state index in [0.29, 0.717) is 17.2 Å². The summed E-state index contributed by atoms with van der Waals surface area (Å²) in [5.74, 6) is 1.64. The van der Waals surface area contributed by atoms with E-state index in [9.17, 15) is 0 Å². The number of hydrogen-bond donors (Lipinski definition) is 1. The molecule has 0 saturated heterocycles. The highest BCUT2D eigenvalue weighted by Gasteiger charge is 2.24. The van der Waals surface area contributed by atoms with E-state index < -0.39 is 0 Å². The van der Waals surface area contributed by atoms with Gasteiger partial charge >= 0.3 is 0 Å². The lowest BCUT2D eigenvalue weighted by Gasteiger charge is -2.03. The summed E-state index contributed by atoms with van der Waals surface area (Å²) in [6.45, 7) is 0.687. The minimum atomic E-state index is 0.687. The van der Waals surface area contributed by atoms with Gasteiger partial charge in [-0.15, -0.1) is 0 Å². The van der Waals surface area contributed by atoms with Gasteiger partial charge in [-0.25, -0.2) is 4.98 Å². The molecule has 2 rings (SSSR count). The molecule has 1 aliphatic rings. The highest BCUT2D eigenvalue weighted by atomic mass is 32.1. The van der Waals surface area contributed by atoms with Crippen molar-refractivity contribution in [3.63, 3.8) is 0 Å². The molecule has 1 aliphatic carbocycles. The number of rotatable bonds is 4. The molecule has 1 saturated carbocycles. The fourth-order valence-electron chi connectivity index (χ4n) is 1.46. The monoisotopic (exact) mass is 210 g/mol. The van der Waals surface area contributed by atoms with Gasteiger partial charge in [0.05, 0.1) is 6.61 Å². The quantitative estimate of drug-likeness (QED) is 0.774. The van der Waals surface area contributed by atoms with E-state index in [1.807, 2.05) is 6.07 Å². The number of aromatic nitrogens is 2. The third-order valence-electron chi connectivity index (χ3n) is 2.37. The standard InChI is InChI=1S/C10H14N2OS/c1-13-5-4-9-11-8(7-2-3-7)6-10(14)12-9/h6-7H,2-5H2,1H3,(H,11,12,14). The van der Waals surface area contributed by atoms with E-state index in [2.05, 4.69) is 9.97 Å². The number of H-pyrrole nitrogens is 1. The van der Waals surface area contributed by atoms with Crippen LogP contribution >= 0.6 is 12.2 Å². The van der Waals surface area contributed by atoms with Crippen LogP contribution in [0.2, 0.25) is 0 Å². The van der Waals surface area contributed by atoms with Gasteiger partial charge in [0.25, 0.3) is 0 Å². The normalized spacial score (nSPS) is 15.8. The number of methoxy groups -OCH3 is 1. The molecule has 0 spiro atoms. The molecule has 0 radical (unpaired) electrons. The van der Waals surface area contributed by atoms with E-state index in [4.69, 9.17) is 17.0 Å². The molecule has 1 aromatic heterocycles. The molecule has 0 unspecified atom stereocenters. The molecule has 1 N–H and O–H groups in total. The molecule has 1 heterocycles. The number of nitrogens with one attached hydrogen (secondary N) is 1. The predicted molar refractivity (Wildman–Crippen MR) is 57.0 cm³/mol. The lowest BCUT2D eigenvalue weighted by atomic mass is 10.3. The minimum absolute atomic E-state index is 0.687. The summed E-state index contributed by atoms with van der Waals surface area (Å²) in [5, 5.41) is 0. The van der Waals surface area contributed by atoms with E-state index in [1.54, 1.807) is 7.11 Å². The van der Waals surface area contributed by atoms with Crippen molar-refractivity contribution in [2.75, 3.05) is 13.7 Å². The van der Waals surface area contributed by atoms with Crippen molar-refractivity contribution in [2.45, 2.75) is 25.2 Å². The second-order valence-corrected chi connectivity index (χ2v) is 4.06. The fourth-order valence-corrected chi connectivity index (χ4v) is 1.70. The maximum atomic E-state index is 5.11. The van der Waals surface area contributed by atoms with Crippen LogP contribution in [0, 0.1) is 4.64 Å². The molecule has 76 valence electrons. The molecule has 3 nitrogen and oxygen atoms in total. The Morgan fingerprint density at radius 3 is 3.07 bits per heavy atom. The molecule has 4 heteroatoms. The molecular formula is C10H14N2OS. The molecule has 1 fully saturated rings. The second-order valence-electron chi connectivity index (χ2n) is 3.64. The first-order chi connectivity index (χ1) is 6.79. The lowest BCUT2D eigenvalue weighted by Crippen LogP contribution is -2.03. The Kier molecular flexibility index (Phi) is 2.93. The van der Waals surface area contributed by atoms with Crippen molar-refractivity contribution < 1.29 is 4.74 Å². The van der Waals surface area contributed by atoms with Gasteiger partial charge < -0.3 is 9.72 Å². The van der Waals surface area contributed by atoms with Crippen LogP contribution in [0.25, 0.3) is 0 Å². The van der Waals surface area contributed by atoms with E-state index >= 15 is 0 Å². The van der Waals surface area contributed by atoms with E-state index in [0.717, 1.165) is 12.2 Å². The number of ether oxygens (including phenoxy) is 1. The van der Waals surface area contributed by atoms with E-state index in [-0.39, 0.29) is 0 Å². The molecule has 14 heavy (non-hydrogen) atoms. The largest absolute Gasteiger partial charge is 0.384 e. The molecule has 0 atom stereocenters. The minimum Gasteiger partial charge on any atom is -0.384 e. The summed E-state index contributed by atoms with van der Waals surface area (Å²) in [7, 11) is 1.69. The van der Waals surface area contributed by atoms with Gasteiger partial charge in [-0.3, -0.25) is 0 Å². The molecule has 0 aliphatic heterocycles. The fraction of sp³-hybridized carbons (Fsp3) is 0.600. The summed E-state index contributed by atoms with van der Waals surface area (Å²) in [6, 6.07) is 1.98. The maximum Gasteiger partial charge on any atom is 0.129 e. The molecular weight excluding hydrogens is 196 g/mol. The SMILES string of the molecule is COCCc1nc(=S)cc(C2CC2)[nH]1. The van der Waals surface area contributed by atoms with Gasteiger partial charge in [-0.1, -0.05) is 12.2 Å². The Bertz CT molecular complexity index is 371. The predicted octanol–water partition coefficient (Wildman–Crippen LogP) is 2.21. The van der Waals surface area contributed by atoms with Crippen LogP contribution in [0.4, 0.5) is 0 Å². The van der Waals surface area contributed by atoms with Crippen molar-refractivity contribution in [2.24, 2.45) is 0 Å². The van der Waals surface area contributed by atoms with E-state index in [1.165, 1.54) is 18.5 Å². The first-order valence-corrected chi connectivity index (χ1v) is 5.29.